The summed E-state index contributed by atoms with van der Waals surface area (Å²) in [7, 11) is 1.51. The molecule has 0 saturated heterocycles. The lowest BCUT2D eigenvalue weighted by Gasteiger charge is -2.10. The van der Waals surface area contributed by atoms with Crippen molar-refractivity contribution in [3.8, 4) is 11.3 Å². The molecule has 0 atom stereocenters. The molecule has 98 valence electrons. The Hall–Kier alpha value is -1.78. The highest BCUT2D eigenvalue weighted by Crippen LogP contribution is 2.27. The summed E-state index contributed by atoms with van der Waals surface area (Å²) < 4.78 is 1.27. The van der Waals surface area contributed by atoms with E-state index in [2.05, 4.69) is 0 Å². The molecule has 0 aliphatic heterocycles. The Kier molecular flexibility index (Phi) is 3.64. The number of halogens is 2. The van der Waals surface area contributed by atoms with E-state index in [9.17, 15) is 9.59 Å². The van der Waals surface area contributed by atoms with Crippen LogP contribution in [0.4, 0.5) is 0 Å². The van der Waals surface area contributed by atoms with E-state index in [-0.39, 0.29) is 5.56 Å². The molecule has 0 amide bonds. The fraction of sp³-hybridized carbons (Fsp3) is 0.0769. The number of nitrogens with zero attached hydrogens (tertiary/aromatic N) is 1. The third kappa shape index (κ3) is 2.50. The molecule has 2 aromatic rings. The summed E-state index contributed by atoms with van der Waals surface area (Å²) in [5.41, 5.74) is 0.405. The van der Waals surface area contributed by atoms with E-state index in [0.29, 0.717) is 21.3 Å². The molecular weight excluding hydrogens is 289 g/mol. The normalized spacial score (nSPS) is 10.5. The van der Waals surface area contributed by atoms with Crippen LogP contribution in [0.2, 0.25) is 10.0 Å². The summed E-state index contributed by atoms with van der Waals surface area (Å²) in [6.45, 7) is 0. The average Bonchev–Trinajstić information content (AvgIpc) is 2.36. The minimum absolute atomic E-state index is 0.272. The highest BCUT2D eigenvalue weighted by Gasteiger charge is 2.13. The molecule has 6 heteroatoms. The second-order valence-electron chi connectivity index (χ2n) is 3.93. The van der Waals surface area contributed by atoms with E-state index in [0.717, 1.165) is 0 Å². The van der Waals surface area contributed by atoms with Gasteiger partial charge in [-0.3, -0.25) is 4.79 Å². The second-order valence-corrected chi connectivity index (χ2v) is 4.74. The molecule has 0 aliphatic rings. The molecule has 0 bridgehead atoms. The van der Waals surface area contributed by atoms with Crippen molar-refractivity contribution in [2.75, 3.05) is 0 Å². The molecule has 0 spiro atoms. The summed E-state index contributed by atoms with van der Waals surface area (Å²) in [5, 5.41) is 9.66. The number of pyridine rings is 1. The van der Waals surface area contributed by atoms with Gasteiger partial charge in [-0.05, 0) is 29.8 Å². The van der Waals surface area contributed by atoms with Gasteiger partial charge in [0.2, 0.25) is 0 Å². The molecule has 0 unspecified atom stereocenters. The Morgan fingerprint density at radius 3 is 2.42 bits per heavy atom. The minimum Gasteiger partial charge on any atom is -0.477 e. The molecule has 0 fully saturated rings. The summed E-state index contributed by atoms with van der Waals surface area (Å²) >= 11 is 11.8. The Labute approximate surface area is 118 Å². The van der Waals surface area contributed by atoms with E-state index in [1.54, 1.807) is 24.3 Å². The smallest absolute Gasteiger partial charge is 0.341 e. The van der Waals surface area contributed by atoms with Crippen LogP contribution >= 0.6 is 23.2 Å². The first-order valence-electron chi connectivity index (χ1n) is 5.30. The van der Waals surface area contributed by atoms with Crippen LogP contribution in [-0.4, -0.2) is 15.6 Å². The summed E-state index contributed by atoms with van der Waals surface area (Å²) in [6, 6.07) is 7.80. The highest BCUT2D eigenvalue weighted by atomic mass is 35.5. The zero-order chi connectivity index (χ0) is 14.2. The quantitative estimate of drug-likeness (QED) is 0.927. The number of benzene rings is 1. The summed E-state index contributed by atoms with van der Waals surface area (Å²) in [4.78, 5) is 22.7. The molecule has 0 aliphatic carbocycles. The molecule has 0 radical (unpaired) electrons. The van der Waals surface area contributed by atoms with Crippen LogP contribution in [0.1, 0.15) is 10.4 Å². The molecule has 1 N–H and O–H groups in total. The van der Waals surface area contributed by atoms with Crippen molar-refractivity contribution in [2.45, 2.75) is 0 Å². The van der Waals surface area contributed by atoms with Crippen molar-refractivity contribution in [2.24, 2.45) is 7.05 Å². The topological polar surface area (TPSA) is 59.3 Å². The van der Waals surface area contributed by atoms with E-state index >= 15 is 0 Å². The molecule has 0 saturated carbocycles. The van der Waals surface area contributed by atoms with Gasteiger partial charge in [-0.2, -0.15) is 0 Å². The van der Waals surface area contributed by atoms with Gasteiger partial charge in [0.1, 0.15) is 5.56 Å². The Morgan fingerprint density at radius 2 is 1.84 bits per heavy atom. The zero-order valence-corrected chi connectivity index (χ0v) is 11.4. The number of rotatable bonds is 2. The Bertz CT molecular complexity index is 722. The summed E-state index contributed by atoms with van der Waals surface area (Å²) in [5.74, 6) is -1.25. The standard InChI is InChI=1S/C13H9Cl2NO3/c1-16-11(5-3-8(12(16)17)13(18)19)7-2-4-9(14)10(15)6-7/h2-6H,1H3,(H,18,19). The van der Waals surface area contributed by atoms with Crippen molar-refractivity contribution < 1.29 is 9.90 Å². The van der Waals surface area contributed by atoms with Gasteiger partial charge < -0.3 is 9.67 Å². The minimum atomic E-state index is -1.25. The maximum atomic E-state index is 11.9. The van der Waals surface area contributed by atoms with E-state index in [1.807, 2.05) is 0 Å². The molecule has 4 nitrogen and oxygen atoms in total. The number of hydrogen-bond acceptors (Lipinski definition) is 2. The van der Waals surface area contributed by atoms with Gasteiger partial charge in [0, 0.05) is 7.05 Å². The van der Waals surface area contributed by atoms with Crippen LogP contribution < -0.4 is 5.56 Å². The molecule has 1 aromatic carbocycles. The van der Waals surface area contributed by atoms with Crippen molar-refractivity contribution in [3.05, 3.63) is 56.3 Å². The lowest BCUT2D eigenvalue weighted by Crippen LogP contribution is -2.25. The third-order valence-corrected chi connectivity index (χ3v) is 3.49. The van der Waals surface area contributed by atoms with Gasteiger partial charge in [-0.15, -0.1) is 0 Å². The van der Waals surface area contributed by atoms with Crippen molar-refractivity contribution >= 4 is 29.2 Å². The van der Waals surface area contributed by atoms with Crippen LogP contribution in [0.3, 0.4) is 0 Å². The van der Waals surface area contributed by atoms with Crippen molar-refractivity contribution in [1.82, 2.24) is 4.57 Å². The first-order valence-corrected chi connectivity index (χ1v) is 6.06. The number of carbonyl (C=O) groups is 1. The number of aromatic nitrogens is 1. The van der Waals surface area contributed by atoms with Gasteiger partial charge in [0.25, 0.3) is 5.56 Å². The molecule has 1 heterocycles. The van der Waals surface area contributed by atoms with Gasteiger partial charge in [0.15, 0.2) is 0 Å². The fourth-order valence-corrected chi connectivity index (χ4v) is 2.04. The predicted molar refractivity (Wildman–Crippen MR) is 74.1 cm³/mol. The zero-order valence-electron chi connectivity index (χ0n) is 9.85. The second kappa shape index (κ2) is 5.07. The number of carboxylic acids is 1. The molecule has 2 rings (SSSR count). The SMILES string of the molecule is Cn1c(-c2ccc(Cl)c(Cl)c2)ccc(C(=O)O)c1=O. The highest BCUT2D eigenvalue weighted by molar-refractivity contribution is 6.42. The number of carboxylic acid groups (broad SMARTS) is 1. The number of hydrogen-bond donors (Lipinski definition) is 1. The maximum absolute atomic E-state index is 11.9. The van der Waals surface area contributed by atoms with Gasteiger partial charge in [0.05, 0.1) is 15.7 Å². The molecule has 1 aromatic heterocycles. The lowest BCUT2D eigenvalue weighted by atomic mass is 10.1. The average molecular weight is 298 g/mol. The van der Waals surface area contributed by atoms with E-state index in [1.165, 1.54) is 17.7 Å². The van der Waals surface area contributed by atoms with Crippen LogP contribution in [0.15, 0.2) is 35.1 Å². The maximum Gasteiger partial charge on any atom is 0.341 e. The van der Waals surface area contributed by atoms with Crippen LogP contribution in [0.5, 0.6) is 0 Å². The van der Waals surface area contributed by atoms with Gasteiger partial charge >= 0.3 is 5.97 Å². The lowest BCUT2D eigenvalue weighted by molar-refractivity contribution is 0.0694. The Balaban J connectivity index is 2.64. The van der Waals surface area contributed by atoms with Gasteiger partial charge in [-0.25, -0.2) is 4.79 Å². The monoisotopic (exact) mass is 297 g/mol. The van der Waals surface area contributed by atoms with Crippen molar-refractivity contribution in [3.63, 3.8) is 0 Å². The van der Waals surface area contributed by atoms with E-state index < -0.39 is 11.5 Å². The Morgan fingerprint density at radius 1 is 1.16 bits per heavy atom. The van der Waals surface area contributed by atoms with Crippen LogP contribution in [-0.2, 0) is 7.05 Å². The number of aromatic carboxylic acids is 1. The van der Waals surface area contributed by atoms with Crippen LogP contribution in [0.25, 0.3) is 11.3 Å². The first-order chi connectivity index (χ1) is 8.91. The fourth-order valence-electron chi connectivity index (χ4n) is 1.74. The van der Waals surface area contributed by atoms with Crippen LogP contribution in [0, 0.1) is 0 Å². The van der Waals surface area contributed by atoms with Crippen molar-refractivity contribution in [1.29, 1.82) is 0 Å². The molecule has 19 heavy (non-hydrogen) atoms. The largest absolute Gasteiger partial charge is 0.477 e. The third-order valence-electron chi connectivity index (χ3n) is 2.75. The predicted octanol–water partition coefficient (Wildman–Crippen LogP) is 3.06. The van der Waals surface area contributed by atoms with Gasteiger partial charge in [-0.1, -0.05) is 29.3 Å². The summed E-state index contributed by atoms with van der Waals surface area (Å²) in [6.07, 6.45) is 0. The van der Waals surface area contributed by atoms with E-state index in [4.69, 9.17) is 28.3 Å². The molecular formula is C13H9Cl2NO3. The first kappa shape index (κ1) is 13.6.